The second-order valence-electron chi connectivity index (χ2n) is 6.00. The van der Waals surface area contributed by atoms with E-state index in [4.69, 9.17) is 26.8 Å². The number of carbonyl (C=O) groups is 1. The first-order valence-corrected chi connectivity index (χ1v) is 7.61. The van der Waals surface area contributed by atoms with Gasteiger partial charge in [-0.15, -0.1) is 0 Å². The number of benzene rings is 1. The maximum absolute atomic E-state index is 12.0. The fourth-order valence-electron chi connectivity index (χ4n) is 2.64. The van der Waals surface area contributed by atoms with E-state index in [-0.39, 0.29) is 12.0 Å². The molecule has 0 saturated carbocycles. The number of ether oxygens (including phenoxy) is 2. The van der Waals surface area contributed by atoms with E-state index in [0.29, 0.717) is 24.7 Å². The minimum atomic E-state index is -0.650. The van der Waals surface area contributed by atoms with Crippen molar-refractivity contribution in [3.63, 3.8) is 0 Å². The number of fused-ring (bicyclic) bond motifs is 1. The smallest absolute Gasteiger partial charge is 0.311 e. The average molecular weight is 312 g/mol. The largest absolute Gasteiger partial charge is 0.493 e. The number of hydrogen-bond donors (Lipinski definition) is 1. The van der Waals surface area contributed by atoms with Crippen LogP contribution in [0.1, 0.15) is 44.4 Å². The number of hydrogen-bond acceptors (Lipinski definition) is 4. The predicted octanol–water partition coefficient (Wildman–Crippen LogP) is 3.25. The van der Waals surface area contributed by atoms with Crippen LogP contribution in [-0.4, -0.2) is 19.2 Å². The van der Waals surface area contributed by atoms with Crippen LogP contribution in [0.2, 0.25) is 5.02 Å². The van der Waals surface area contributed by atoms with E-state index in [1.807, 2.05) is 26.0 Å². The highest BCUT2D eigenvalue weighted by molar-refractivity contribution is 6.30. The van der Waals surface area contributed by atoms with Crippen LogP contribution < -0.4 is 10.5 Å². The third-order valence-electron chi connectivity index (χ3n) is 3.73. The van der Waals surface area contributed by atoms with E-state index < -0.39 is 5.41 Å². The van der Waals surface area contributed by atoms with Gasteiger partial charge in [-0.2, -0.15) is 0 Å². The molecular formula is C16H22ClNO3. The van der Waals surface area contributed by atoms with Crippen LogP contribution in [0.5, 0.6) is 5.75 Å². The number of rotatable bonds is 5. The lowest BCUT2D eigenvalue weighted by Gasteiger charge is -2.26. The van der Waals surface area contributed by atoms with Crippen LogP contribution in [-0.2, 0) is 16.0 Å². The Balaban J connectivity index is 2.21. The van der Waals surface area contributed by atoms with Crippen LogP contribution in [0.3, 0.4) is 0 Å². The van der Waals surface area contributed by atoms with Gasteiger partial charge in [0, 0.05) is 23.0 Å². The van der Waals surface area contributed by atoms with Crippen LogP contribution in [0.15, 0.2) is 12.1 Å². The van der Waals surface area contributed by atoms with Crippen molar-refractivity contribution in [3.05, 3.63) is 28.3 Å². The first-order valence-electron chi connectivity index (χ1n) is 7.23. The van der Waals surface area contributed by atoms with Crippen molar-refractivity contribution in [2.24, 2.45) is 11.1 Å². The summed E-state index contributed by atoms with van der Waals surface area (Å²) >= 11 is 6.15. The molecule has 0 aliphatic carbocycles. The van der Waals surface area contributed by atoms with Gasteiger partial charge in [-0.3, -0.25) is 4.79 Å². The van der Waals surface area contributed by atoms with Gasteiger partial charge >= 0.3 is 5.97 Å². The molecule has 5 heteroatoms. The van der Waals surface area contributed by atoms with Crippen LogP contribution in [0.25, 0.3) is 0 Å². The highest BCUT2D eigenvalue weighted by Crippen LogP contribution is 2.39. The van der Waals surface area contributed by atoms with Crippen LogP contribution >= 0.6 is 11.6 Å². The zero-order chi connectivity index (χ0) is 15.6. The Hall–Kier alpha value is -1.26. The second-order valence-corrected chi connectivity index (χ2v) is 6.43. The Labute approximate surface area is 130 Å². The molecule has 4 nitrogen and oxygen atoms in total. The lowest BCUT2D eigenvalue weighted by atomic mass is 9.83. The van der Waals surface area contributed by atoms with Gasteiger partial charge in [0.25, 0.3) is 0 Å². The number of nitrogens with two attached hydrogens (primary N) is 1. The van der Waals surface area contributed by atoms with Crippen molar-refractivity contribution in [1.82, 2.24) is 0 Å². The zero-order valence-electron chi connectivity index (χ0n) is 12.7. The van der Waals surface area contributed by atoms with Crippen molar-refractivity contribution in [2.45, 2.75) is 39.7 Å². The maximum Gasteiger partial charge on any atom is 0.311 e. The van der Waals surface area contributed by atoms with Gasteiger partial charge in [0.2, 0.25) is 0 Å². The van der Waals surface area contributed by atoms with Crippen molar-refractivity contribution in [3.8, 4) is 5.75 Å². The molecule has 0 radical (unpaired) electrons. The summed E-state index contributed by atoms with van der Waals surface area (Å²) < 4.78 is 10.8. The summed E-state index contributed by atoms with van der Waals surface area (Å²) in [4.78, 5) is 12.0. The fraction of sp³-hybridized carbons (Fsp3) is 0.562. The Kier molecular flexibility index (Phi) is 4.79. The first-order chi connectivity index (χ1) is 9.85. The second kappa shape index (κ2) is 6.24. The van der Waals surface area contributed by atoms with E-state index in [2.05, 4.69) is 0 Å². The highest BCUT2D eigenvalue weighted by Gasteiger charge is 2.33. The van der Waals surface area contributed by atoms with Crippen molar-refractivity contribution < 1.29 is 14.3 Å². The maximum atomic E-state index is 12.0. The quantitative estimate of drug-likeness (QED) is 0.848. The molecule has 21 heavy (non-hydrogen) atoms. The monoisotopic (exact) mass is 311 g/mol. The van der Waals surface area contributed by atoms with Gasteiger partial charge in [-0.25, -0.2) is 0 Å². The Morgan fingerprint density at radius 1 is 1.52 bits per heavy atom. The molecule has 0 amide bonds. The molecule has 2 N–H and O–H groups in total. The van der Waals surface area contributed by atoms with Gasteiger partial charge in [0.1, 0.15) is 5.75 Å². The average Bonchev–Trinajstić information content (AvgIpc) is 2.85. The standard InChI is InChI=1S/C16H22ClNO3/c1-4-20-15(19)16(2,3)9-13(18)12-8-11(17)7-10-5-6-21-14(10)12/h7-8,13H,4-6,9,18H2,1-3H3. The van der Waals surface area contributed by atoms with Crippen molar-refractivity contribution in [1.29, 1.82) is 0 Å². The Morgan fingerprint density at radius 3 is 2.90 bits per heavy atom. The lowest BCUT2D eigenvalue weighted by molar-refractivity contribution is -0.154. The first kappa shape index (κ1) is 16.1. The van der Waals surface area contributed by atoms with Crippen molar-refractivity contribution >= 4 is 17.6 Å². The number of esters is 1. The van der Waals surface area contributed by atoms with E-state index in [1.165, 1.54) is 0 Å². The van der Waals surface area contributed by atoms with E-state index in [1.54, 1.807) is 6.92 Å². The molecule has 0 saturated heterocycles. The summed E-state index contributed by atoms with van der Waals surface area (Å²) in [7, 11) is 0. The van der Waals surface area contributed by atoms with Crippen LogP contribution in [0.4, 0.5) is 0 Å². The molecule has 0 bridgehead atoms. The molecule has 1 heterocycles. The van der Waals surface area contributed by atoms with Gasteiger partial charge in [0.05, 0.1) is 18.6 Å². The third kappa shape index (κ3) is 3.50. The Morgan fingerprint density at radius 2 is 2.24 bits per heavy atom. The molecule has 1 atom stereocenters. The SMILES string of the molecule is CCOC(=O)C(C)(C)CC(N)c1cc(Cl)cc2c1OCC2. The molecule has 1 aliphatic rings. The number of carbonyl (C=O) groups excluding carboxylic acids is 1. The topological polar surface area (TPSA) is 61.5 Å². The minimum Gasteiger partial charge on any atom is -0.493 e. The van der Waals surface area contributed by atoms with Gasteiger partial charge in [0.15, 0.2) is 0 Å². The van der Waals surface area contributed by atoms with E-state index >= 15 is 0 Å². The minimum absolute atomic E-state index is 0.236. The highest BCUT2D eigenvalue weighted by atomic mass is 35.5. The van der Waals surface area contributed by atoms with Crippen LogP contribution in [0, 0.1) is 5.41 Å². The van der Waals surface area contributed by atoms with Crippen molar-refractivity contribution in [2.75, 3.05) is 13.2 Å². The molecule has 116 valence electrons. The summed E-state index contributed by atoms with van der Waals surface area (Å²) in [5.74, 6) is 0.589. The fourth-order valence-corrected chi connectivity index (χ4v) is 2.89. The molecule has 0 spiro atoms. The molecule has 1 aliphatic heterocycles. The molecule has 0 fully saturated rings. The molecule has 1 aromatic carbocycles. The molecular weight excluding hydrogens is 290 g/mol. The molecule has 2 rings (SSSR count). The molecule has 1 unspecified atom stereocenters. The van der Waals surface area contributed by atoms with E-state index in [0.717, 1.165) is 23.3 Å². The molecule has 0 aromatic heterocycles. The third-order valence-corrected chi connectivity index (χ3v) is 3.95. The van der Waals surface area contributed by atoms with Gasteiger partial charge in [-0.05, 0) is 44.9 Å². The Bertz CT molecular complexity index is 543. The van der Waals surface area contributed by atoms with Gasteiger partial charge in [-0.1, -0.05) is 11.6 Å². The van der Waals surface area contributed by atoms with Gasteiger partial charge < -0.3 is 15.2 Å². The summed E-state index contributed by atoms with van der Waals surface area (Å²) in [6.45, 7) is 6.50. The zero-order valence-corrected chi connectivity index (χ0v) is 13.5. The predicted molar refractivity (Wildman–Crippen MR) is 82.6 cm³/mol. The van der Waals surface area contributed by atoms with E-state index in [9.17, 15) is 4.79 Å². The summed E-state index contributed by atoms with van der Waals surface area (Å²) in [6.07, 6.45) is 1.32. The number of halogens is 1. The normalized spacial score (nSPS) is 15.3. The summed E-state index contributed by atoms with van der Waals surface area (Å²) in [5.41, 5.74) is 7.61. The summed E-state index contributed by atoms with van der Waals surface area (Å²) in [6, 6.07) is 3.42. The summed E-state index contributed by atoms with van der Waals surface area (Å²) in [5, 5.41) is 0.652. The lowest BCUT2D eigenvalue weighted by Crippen LogP contribution is -2.31. The molecule has 1 aromatic rings.